The summed E-state index contributed by atoms with van der Waals surface area (Å²) in [4.78, 5) is 92.2. The summed E-state index contributed by atoms with van der Waals surface area (Å²) in [6.45, 7) is 11.5. The maximum absolute atomic E-state index is 13.9. The van der Waals surface area contributed by atoms with E-state index in [9.17, 15) is 28.8 Å². The molecule has 1 aromatic heterocycles. The molecule has 16 heteroatoms. The molecule has 4 aliphatic heterocycles. The fourth-order valence-corrected chi connectivity index (χ4v) is 11.0. The van der Waals surface area contributed by atoms with E-state index < -0.39 is 36.1 Å². The lowest BCUT2D eigenvalue weighted by atomic mass is 9.90. The number of hydrogen-bond donors (Lipinski definition) is 2. The minimum atomic E-state index is -0.822. The minimum Gasteiger partial charge on any atom is -0.469 e. The van der Waals surface area contributed by atoms with Crippen molar-refractivity contribution in [3.05, 3.63) is 108 Å². The van der Waals surface area contributed by atoms with Gasteiger partial charge >= 0.3 is 12.1 Å². The Balaban J connectivity index is 0.996. The number of benzene rings is 3. The Labute approximate surface area is 429 Å². The van der Waals surface area contributed by atoms with E-state index in [0.29, 0.717) is 51.3 Å². The van der Waals surface area contributed by atoms with Gasteiger partial charge in [-0.1, -0.05) is 76.2 Å². The second-order valence-electron chi connectivity index (χ2n) is 20.4. The standard InChI is InChI=1S/C57H71N7O9/c1-36(2)45(34-52(66)71-5)55(68)62-27-7-9-48(62)50(65)33-38-11-13-40(14-12-38)46-24-25-47(64(46)44-22-17-39(18-23-44)42-19-26-51(58-35-42)61-29-31-73-32-30-61)41-15-20-43(21-16-41)59-54(67)49-10-8-28-63(49)56(69)53(37(3)4)60-57(70)72-6/h11-23,26,35-37,45-49,53H,7-10,24-25,27-34H2,1-6H3,(H,59,67)(H,60,70)/t45-,46?,47?,48-,49-,53-/m0/s1. The van der Waals surface area contributed by atoms with E-state index >= 15 is 0 Å². The summed E-state index contributed by atoms with van der Waals surface area (Å²) in [7, 11) is 2.58. The molecule has 4 fully saturated rings. The first-order chi connectivity index (χ1) is 35.2. The van der Waals surface area contributed by atoms with E-state index in [1.807, 2.05) is 58.2 Å². The summed E-state index contributed by atoms with van der Waals surface area (Å²) >= 11 is 0. The van der Waals surface area contributed by atoms with E-state index in [2.05, 4.69) is 81.1 Å². The highest BCUT2D eigenvalue weighted by Crippen LogP contribution is 2.47. The Bertz CT molecular complexity index is 2440. The van der Waals surface area contributed by atoms with Gasteiger partial charge in [0.2, 0.25) is 17.7 Å². The number of amides is 4. The van der Waals surface area contributed by atoms with Crippen LogP contribution in [0.4, 0.5) is 22.0 Å². The maximum atomic E-state index is 13.9. The first-order valence-electron chi connectivity index (χ1n) is 26.0. The molecule has 0 bridgehead atoms. The quantitative estimate of drug-likeness (QED) is 0.0978. The van der Waals surface area contributed by atoms with Crippen LogP contribution in [0.2, 0.25) is 0 Å². The Hall–Kier alpha value is -6.81. The zero-order valence-electron chi connectivity index (χ0n) is 43.1. The van der Waals surface area contributed by atoms with Crippen LogP contribution in [-0.4, -0.2) is 122 Å². The minimum absolute atomic E-state index is 0.00529. The third-order valence-corrected chi connectivity index (χ3v) is 15.1. The number of hydrogen-bond acceptors (Lipinski definition) is 12. The van der Waals surface area contributed by atoms with Gasteiger partial charge in [-0.15, -0.1) is 0 Å². The summed E-state index contributed by atoms with van der Waals surface area (Å²) < 4.78 is 15.2. The van der Waals surface area contributed by atoms with Crippen LogP contribution < -0.4 is 20.4 Å². The largest absolute Gasteiger partial charge is 0.469 e. The van der Waals surface area contributed by atoms with Gasteiger partial charge in [0, 0.05) is 55.7 Å². The van der Waals surface area contributed by atoms with Crippen molar-refractivity contribution >= 4 is 52.8 Å². The number of likely N-dealkylation sites (tertiary alicyclic amines) is 2. The Morgan fingerprint density at radius 3 is 1.85 bits per heavy atom. The molecular weight excluding hydrogens is 927 g/mol. The van der Waals surface area contributed by atoms with Gasteiger partial charge in [0.15, 0.2) is 5.78 Å². The van der Waals surface area contributed by atoms with Crippen LogP contribution in [0.25, 0.3) is 11.1 Å². The molecule has 4 amide bonds. The molecule has 2 N–H and O–H groups in total. The van der Waals surface area contributed by atoms with Gasteiger partial charge in [-0.2, -0.15) is 0 Å². The molecular formula is C57H71N7O9. The zero-order chi connectivity index (χ0) is 51.8. The number of carbonyl (C=O) groups is 6. The van der Waals surface area contributed by atoms with Gasteiger partial charge in [-0.25, -0.2) is 9.78 Å². The van der Waals surface area contributed by atoms with E-state index in [1.165, 1.54) is 14.2 Å². The number of nitrogens with one attached hydrogen (secondary N) is 2. The molecule has 16 nitrogen and oxygen atoms in total. The van der Waals surface area contributed by atoms with Crippen molar-refractivity contribution < 1.29 is 43.0 Å². The number of morpholine rings is 1. The summed E-state index contributed by atoms with van der Waals surface area (Å²) in [5, 5.41) is 5.70. The second-order valence-corrected chi connectivity index (χ2v) is 20.4. The number of esters is 1. The van der Waals surface area contributed by atoms with E-state index in [1.54, 1.807) is 9.80 Å². The topological polar surface area (TPSA) is 180 Å². The molecule has 5 heterocycles. The molecule has 0 spiro atoms. The van der Waals surface area contributed by atoms with Crippen LogP contribution in [0.15, 0.2) is 91.1 Å². The van der Waals surface area contributed by atoms with Crippen LogP contribution >= 0.6 is 0 Å². The van der Waals surface area contributed by atoms with E-state index in [0.717, 1.165) is 71.7 Å². The number of anilines is 3. The van der Waals surface area contributed by atoms with Crippen molar-refractivity contribution in [1.82, 2.24) is 20.1 Å². The van der Waals surface area contributed by atoms with Crippen molar-refractivity contribution in [2.45, 2.75) is 109 Å². The number of rotatable bonds is 17. The predicted molar refractivity (Wildman–Crippen MR) is 279 cm³/mol. The van der Waals surface area contributed by atoms with Crippen LogP contribution in [0, 0.1) is 17.8 Å². The number of pyridine rings is 1. The number of ether oxygens (including phenoxy) is 3. The normalized spacial score (nSPS) is 20.8. The van der Waals surface area contributed by atoms with Gasteiger partial charge in [0.05, 0.1) is 57.9 Å². The molecule has 0 saturated carbocycles. The number of nitrogens with zero attached hydrogens (tertiary/aromatic N) is 5. The molecule has 388 valence electrons. The van der Waals surface area contributed by atoms with Gasteiger partial charge in [-0.3, -0.25) is 24.0 Å². The number of methoxy groups -OCH3 is 2. The molecule has 4 saturated heterocycles. The molecule has 8 rings (SSSR count). The maximum Gasteiger partial charge on any atom is 0.407 e. The van der Waals surface area contributed by atoms with Gasteiger partial charge in [-0.05, 0) is 109 Å². The highest BCUT2D eigenvalue weighted by molar-refractivity contribution is 5.99. The predicted octanol–water partition coefficient (Wildman–Crippen LogP) is 7.92. The smallest absolute Gasteiger partial charge is 0.407 e. The first-order valence-corrected chi connectivity index (χ1v) is 26.0. The summed E-state index contributed by atoms with van der Waals surface area (Å²) in [6, 6.07) is 27.0. The molecule has 4 aromatic rings. The summed E-state index contributed by atoms with van der Waals surface area (Å²) in [6.07, 6.45) is 5.67. The number of ketones is 1. The Morgan fingerprint density at radius 1 is 0.671 bits per heavy atom. The number of Topliss-reactive ketones (excluding diaryl/α,β-unsaturated/α-hetero) is 1. The van der Waals surface area contributed by atoms with Gasteiger partial charge < -0.3 is 44.4 Å². The Kier molecular flexibility index (Phi) is 17.1. The van der Waals surface area contributed by atoms with E-state index in [4.69, 9.17) is 19.2 Å². The van der Waals surface area contributed by atoms with Crippen molar-refractivity contribution in [2.75, 3.05) is 68.7 Å². The first kappa shape index (κ1) is 52.5. The fourth-order valence-electron chi connectivity index (χ4n) is 11.0. The molecule has 3 aromatic carbocycles. The third-order valence-electron chi connectivity index (χ3n) is 15.1. The average Bonchev–Trinajstić information content (AvgIpc) is 4.21. The summed E-state index contributed by atoms with van der Waals surface area (Å²) in [5.74, 6) is -1.08. The molecule has 2 unspecified atom stereocenters. The number of aromatic nitrogens is 1. The van der Waals surface area contributed by atoms with Crippen LogP contribution in [0.1, 0.15) is 101 Å². The van der Waals surface area contributed by atoms with E-state index in [-0.39, 0.29) is 60.3 Å². The van der Waals surface area contributed by atoms with Crippen LogP contribution in [-0.2, 0) is 44.6 Å². The number of alkyl carbamates (subject to hydrolysis) is 1. The molecule has 73 heavy (non-hydrogen) atoms. The molecule has 6 atom stereocenters. The lowest BCUT2D eigenvalue weighted by Gasteiger charge is -2.34. The summed E-state index contributed by atoms with van der Waals surface area (Å²) in [5.41, 5.74) is 6.83. The lowest BCUT2D eigenvalue weighted by Crippen LogP contribution is -2.54. The van der Waals surface area contributed by atoms with Gasteiger partial charge in [0.25, 0.3) is 0 Å². The molecule has 0 aliphatic carbocycles. The number of carbonyl (C=O) groups excluding carboxylic acids is 6. The molecule has 4 aliphatic rings. The molecule has 0 radical (unpaired) electrons. The zero-order valence-corrected chi connectivity index (χ0v) is 43.1. The van der Waals surface area contributed by atoms with Crippen LogP contribution in [0.5, 0.6) is 0 Å². The lowest BCUT2D eigenvalue weighted by molar-refractivity contribution is -0.149. The SMILES string of the molecule is COC(=O)C[C@H](C(=O)N1CCC[C@H]1C(=O)Cc1ccc(C2CCC(c3ccc(NC(=O)[C@@H]4CCCN4C(=O)[C@@H](NC(=O)OC)C(C)C)cc3)N2c2ccc(-c3ccc(N4CCOCC4)nc3)cc2)cc1)C(C)C. The highest BCUT2D eigenvalue weighted by Gasteiger charge is 2.41. The second kappa shape index (κ2) is 23.8. The van der Waals surface area contributed by atoms with Crippen molar-refractivity contribution in [3.8, 4) is 11.1 Å². The van der Waals surface area contributed by atoms with Crippen molar-refractivity contribution in [3.63, 3.8) is 0 Å². The highest BCUT2D eigenvalue weighted by atomic mass is 16.5. The van der Waals surface area contributed by atoms with Crippen LogP contribution in [0.3, 0.4) is 0 Å². The monoisotopic (exact) mass is 998 g/mol. The van der Waals surface area contributed by atoms with Crippen molar-refractivity contribution in [1.29, 1.82) is 0 Å². The third kappa shape index (κ3) is 12.2. The Morgan fingerprint density at radius 2 is 1.27 bits per heavy atom. The average molecular weight is 998 g/mol. The van der Waals surface area contributed by atoms with Gasteiger partial charge in [0.1, 0.15) is 17.9 Å². The fraction of sp³-hybridized carbons (Fsp3) is 0.491. The van der Waals surface area contributed by atoms with Crippen molar-refractivity contribution in [2.24, 2.45) is 17.8 Å².